The van der Waals surface area contributed by atoms with Gasteiger partial charge in [-0.25, -0.2) is 0 Å². The van der Waals surface area contributed by atoms with Gasteiger partial charge in [0, 0.05) is 6.54 Å². The normalized spacial score (nSPS) is 9.89. The van der Waals surface area contributed by atoms with E-state index < -0.39 is 11.8 Å². The lowest BCUT2D eigenvalue weighted by Crippen LogP contribution is -2.38. The minimum atomic E-state index is -0.604. The fraction of sp³-hybridized carbons (Fsp3) is 0.333. The molecule has 6 heteroatoms. The third kappa shape index (κ3) is 2.91. The fourth-order valence-corrected chi connectivity index (χ4v) is 1.55. The molecule has 0 aliphatic carbocycles. The van der Waals surface area contributed by atoms with Crippen molar-refractivity contribution in [2.24, 2.45) is 5.73 Å². The number of likely N-dealkylation sites (N-methyl/N-ethyl adjacent to an activating group) is 1. The number of amides is 2. The van der Waals surface area contributed by atoms with Gasteiger partial charge in [0.25, 0.3) is 5.91 Å². The van der Waals surface area contributed by atoms with Gasteiger partial charge < -0.3 is 20.5 Å². The summed E-state index contributed by atoms with van der Waals surface area (Å²) in [5.74, 6) is -1.11. The van der Waals surface area contributed by atoms with Gasteiger partial charge in [0.1, 0.15) is 0 Å². The molecule has 0 aliphatic rings. The van der Waals surface area contributed by atoms with Crippen LogP contribution in [0.5, 0.6) is 11.5 Å². The van der Waals surface area contributed by atoms with E-state index in [1.165, 1.54) is 24.1 Å². The first-order valence-corrected chi connectivity index (χ1v) is 5.44. The average molecular weight is 252 g/mol. The molecule has 0 heterocycles. The summed E-state index contributed by atoms with van der Waals surface area (Å²) in [6.07, 6.45) is 0. The van der Waals surface area contributed by atoms with Crippen LogP contribution in [0.25, 0.3) is 0 Å². The van der Waals surface area contributed by atoms with Crippen LogP contribution in [0.15, 0.2) is 18.2 Å². The standard InChI is InChI=1S/C12H16N2O4/c1-3-14(7-10(13)15)12(17)8-5-4-6-9(18-2)11(8)16/h4-6,16H,3,7H2,1-2H3,(H2,13,15). The van der Waals surface area contributed by atoms with Crippen LogP contribution in [0.2, 0.25) is 0 Å². The number of primary amides is 1. The second-order valence-electron chi connectivity index (χ2n) is 3.64. The number of aromatic hydroxyl groups is 1. The molecule has 0 unspecified atom stereocenters. The van der Waals surface area contributed by atoms with Crippen LogP contribution < -0.4 is 10.5 Å². The van der Waals surface area contributed by atoms with Crippen molar-refractivity contribution in [2.75, 3.05) is 20.2 Å². The highest BCUT2D eigenvalue weighted by atomic mass is 16.5. The molecule has 1 rings (SSSR count). The first-order chi connectivity index (χ1) is 8.51. The second-order valence-corrected chi connectivity index (χ2v) is 3.64. The number of carbonyl (C=O) groups is 2. The number of ether oxygens (including phenoxy) is 1. The third-order valence-electron chi connectivity index (χ3n) is 2.46. The number of benzene rings is 1. The van der Waals surface area contributed by atoms with E-state index in [-0.39, 0.29) is 23.6 Å². The van der Waals surface area contributed by atoms with Crippen molar-refractivity contribution in [2.45, 2.75) is 6.92 Å². The summed E-state index contributed by atoms with van der Waals surface area (Å²) in [7, 11) is 1.39. The number of phenolic OH excluding ortho intramolecular Hbond substituents is 1. The molecule has 0 aromatic heterocycles. The number of hydrogen-bond donors (Lipinski definition) is 2. The van der Waals surface area contributed by atoms with Crippen molar-refractivity contribution in [1.82, 2.24) is 4.90 Å². The van der Waals surface area contributed by atoms with Gasteiger partial charge in [-0.1, -0.05) is 6.07 Å². The van der Waals surface area contributed by atoms with Gasteiger partial charge in [-0.15, -0.1) is 0 Å². The zero-order valence-electron chi connectivity index (χ0n) is 10.3. The van der Waals surface area contributed by atoms with E-state index in [0.29, 0.717) is 6.54 Å². The summed E-state index contributed by atoms with van der Waals surface area (Å²) in [4.78, 5) is 24.2. The molecule has 6 nitrogen and oxygen atoms in total. The van der Waals surface area contributed by atoms with Crippen LogP contribution in [0, 0.1) is 0 Å². The predicted octanol–water partition coefficient (Wildman–Crippen LogP) is 0.348. The zero-order chi connectivity index (χ0) is 13.7. The summed E-state index contributed by atoms with van der Waals surface area (Å²) in [6.45, 7) is 1.85. The topological polar surface area (TPSA) is 92.9 Å². The maximum atomic E-state index is 12.1. The third-order valence-corrected chi connectivity index (χ3v) is 2.46. The monoisotopic (exact) mass is 252 g/mol. The summed E-state index contributed by atoms with van der Waals surface area (Å²) in [6, 6.07) is 4.59. The number of hydrogen-bond acceptors (Lipinski definition) is 4. The van der Waals surface area contributed by atoms with E-state index in [1.807, 2.05) is 0 Å². The Balaban J connectivity index is 3.05. The Kier molecular flexibility index (Phi) is 4.53. The summed E-state index contributed by atoms with van der Waals surface area (Å²) in [5, 5.41) is 9.85. The maximum absolute atomic E-state index is 12.1. The van der Waals surface area contributed by atoms with Crippen molar-refractivity contribution in [1.29, 1.82) is 0 Å². The van der Waals surface area contributed by atoms with Crippen LogP contribution in [-0.4, -0.2) is 42.0 Å². The lowest BCUT2D eigenvalue weighted by molar-refractivity contribution is -0.118. The highest BCUT2D eigenvalue weighted by Gasteiger charge is 2.20. The number of nitrogens with two attached hydrogens (primary N) is 1. The lowest BCUT2D eigenvalue weighted by Gasteiger charge is -2.20. The Bertz CT molecular complexity index is 459. The summed E-state index contributed by atoms with van der Waals surface area (Å²) >= 11 is 0. The molecular formula is C12H16N2O4. The quantitative estimate of drug-likeness (QED) is 0.790. The highest BCUT2D eigenvalue weighted by molar-refractivity contribution is 5.99. The first-order valence-electron chi connectivity index (χ1n) is 5.44. The molecule has 98 valence electrons. The molecule has 18 heavy (non-hydrogen) atoms. The molecule has 1 aromatic carbocycles. The Morgan fingerprint density at radius 1 is 1.44 bits per heavy atom. The van der Waals surface area contributed by atoms with E-state index >= 15 is 0 Å². The number of nitrogens with zero attached hydrogens (tertiary/aromatic N) is 1. The Morgan fingerprint density at radius 2 is 2.11 bits per heavy atom. The highest BCUT2D eigenvalue weighted by Crippen LogP contribution is 2.30. The smallest absolute Gasteiger partial charge is 0.258 e. The van der Waals surface area contributed by atoms with Crippen LogP contribution in [-0.2, 0) is 4.79 Å². The summed E-state index contributed by atoms with van der Waals surface area (Å²) in [5.41, 5.74) is 5.14. The SMILES string of the molecule is CCN(CC(N)=O)C(=O)c1cccc(OC)c1O. The molecule has 0 bridgehead atoms. The van der Waals surface area contributed by atoms with Crippen molar-refractivity contribution >= 4 is 11.8 Å². The van der Waals surface area contributed by atoms with E-state index in [0.717, 1.165) is 0 Å². The molecule has 0 fully saturated rings. The fourth-order valence-electron chi connectivity index (χ4n) is 1.55. The Hall–Kier alpha value is -2.24. The maximum Gasteiger partial charge on any atom is 0.258 e. The van der Waals surface area contributed by atoms with E-state index in [2.05, 4.69) is 0 Å². The predicted molar refractivity (Wildman–Crippen MR) is 65.4 cm³/mol. The van der Waals surface area contributed by atoms with Crippen molar-refractivity contribution in [3.05, 3.63) is 23.8 Å². The van der Waals surface area contributed by atoms with Crippen LogP contribution in [0.4, 0.5) is 0 Å². The number of phenols is 1. The average Bonchev–Trinajstić information content (AvgIpc) is 2.35. The molecule has 0 atom stereocenters. The van der Waals surface area contributed by atoms with E-state index in [1.54, 1.807) is 13.0 Å². The van der Waals surface area contributed by atoms with Gasteiger partial charge in [0.15, 0.2) is 11.5 Å². The summed E-state index contributed by atoms with van der Waals surface area (Å²) < 4.78 is 4.92. The number of carbonyl (C=O) groups excluding carboxylic acids is 2. The molecule has 0 spiro atoms. The zero-order valence-corrected chi connectivity index (χ0v) is 10.3. The molecule has 3 N–H and O–H groups in total. The molecule has 1 aromatic rings. The van der Waals surface area contributed by atoms with Gasteiger partial charge in [-0.3, -0.25) is 9.59 Å². The number of rotatable bonds is 5. The van der Waals surface area contributed by atoms with Crippen LogP contribution in [0.1, 0.15) is 17.3 Å². The minimum absolute atomic E-state index is 0.0810. The molecule has 0 aliphatic heterocycles. The van der Waals surface area contributed by atoms with E-state index in [4.69, 9.17) is 10.5 Å². The molecule has 0 saturated carbocycles. The van der Waals surface area contributed by atoms with Crippen molar-refractivity contribution in [3.63, 3.8) is 0 Å². The van der Waals surface area contributed by atoms with Gasteiger partial charge in [0.2, 0.25) is 5.91 Å². The number of para-hydroxylation sites is 1. The minimum Gasteiger partial charge on any atom is -0.504 e. The molecule has 0 radical (unpaired) electrons. The molecule has 2 amide bonds. The first kappa shape index (κ1) is 13.8. The van der Waals surface area contributed by atoms with Crippen LogP contribution >= 0.6 is 0 Å². The Labute approximate surface area is 105 Å². The van der Waals surface area contributed by atoms with Gasteiger partial charge in [-0.2, -0.15) is 0 Å². The van der Waals surface area contributed by atoms with E-state index in [9.17, 15) is 14.7 Å². The van der Waals surface area contributed by atoms with Gasteiger partial charge >= 0.3 is 0 Å². The van der Waals surface area contributed by atoms with Gasteiger partial charge in [0.05, 0.1) is 19.2 Å². The van der Waals surface area contributed by atoms with Gasteiger partial charge in [-0.05, 0) is 19.1 Å². The van der Waals surface area contributed by atoms with Crippen LogP contribution in [0.3, 0.4) is 0 Å². The van der Waals surface area contributed by atoms with Crippen molar-refractivity contribution < 1.29 is 19.4 Å². The lowest BCUT2D eigenvalue weighted by atomic mass is 10.1. The molecular weight excluding hydrogens is 236 g/mol. The largest absolute Gasteiger partial charge is 0.504 e. The second kappa shape index (κ2) is 5.90. The number of methoxy groups -OCH3 is 1. The molecule has 0 saturated heterocycles. The Morgan fingerprint density at radius 3 is 2.61 bits per heavy atom. The van der Waals surface area contributed by atoms with Crippen molar-refractivity contribution in [3.8, 4) is 11.5 Å².